The van der Waals surface area contributed by atoms with E-state index in [1.54, 1.807) is 0 Å². The van der Waals surface area contributed by atoms with Crippen molar-refractivity contribution >= 4 is 16.9 Å². The summed E-state index contributed by atoms with van der Waals surface area (Å²) in [4.78, 5) is 11.2. The second kappa shape index (κ2) is 5.53. The van der Waals surface area contributed by atoms with E-state index in [9.17, 15) is 4.79 Å². The number of para-hydroxylation sites is 1. The minimum Gasteiger partial charge on any atom is -0.466 e. The van der Waals surface area contributed by atoms with Gasteiger partial charge in [-0.1, -0.05) is 24.3 Å². The number of rotatable bonds is 3. The fraction of sp³-hybridized carbons (Fsp3) is 0.353. The van der Waals surface area contributed by atoms with Gasteiger partial charge in [0.2, 0.25) is 0 Å². The molecule has 0 fully saturated rings. The van der Waals surface area contributed by atoms with E-state index >= 15 is 0 Å². The third-order valence-electron chi connectivity index (χ3n) is 4.02. The third kappa shape index (κ3) is 2.24. The average molecular weight is 269 g/mol. The van der Waals surface area contributed by atoms with Crippen molar-refractivity contribution in [2.24, 2.45) is 0 Å². The van der Waals surface area contributed by atoms with Crippen LogP contribution >= 0.6 is 0 Å². The predicted molar refractivity (Wildman–Crippen MR) is 79.7 cm³/mol. The molecular weight excluding hydrogens is 250 g/mol. The van der Waals surface area contributed by atoms with Crippen molar-refractivity contribution in [1.82, 2.24) is 4.57 Å². The van der Waals surface area contributed by atoms with Crippen LogP contribution < -0.4 is 0 Å². The minimum absolute atomic E-state index is 0.289. The standard InChI is InChI=1S/C17H19NO2/c1-20-17(19)11-6-8-14-13-7-2-3-9-15(13)18-12-5-4-10-16(14)18/h2-3,6-7,9,11H,4-5,8,10,12H2,1H3/b11-6+. The maximum Gasteiger partial charge on any atom is 0.330 e. The first-order valence-electron chi connectivity index (χ1n) is 7.14. The van der Waals surface area contributed by atoms with Crippen LogP contribution in [0.5, 0.6) is 0 Å². The number of carbonyl (C=O) groups is 1. The summed E-state index contributed by atoms with van der Waals surface area (Å²) in [7, 11) is 1.41. The molecule has 1 aliphatic rings. The van der Waals surface area contributed by atoms with E-state index in [-0.39, 0.29) is 5.97 Å². The van der Waals surface area contributed by atoms with Gasteiger partial charge in [0.25, 0.3) is 0 Å². The lowest BCUT2D eigenvalue weighted by Crippen LogP contribution is -2.10. The Hall–Kier alpha value is -2.03. The summed E-state index contributed by atoms with van der Waals surface area (Å²) in [5.74, 6) is -0.289. The van der Waals surface area contributed by atoms with Gasteiger partial charge < -0.3 is 9.30 Å². The predicted octanol–water partition coefficient (Wildman–Crippen LogP) is 3.25. The number of benzene rings is 1. The SMILES string of the molecule is COC(=O)/C=C/Cc1c2n(c3ccccc13)CCCC2. The molecule has 2 aromatic rings. The number of fused-ring (bicyclic) bond motifs is 3. The van der Waals surface area contributed by atoms with Gasteiger partial charge in [-0.3, -0.25) is 0 Å². The van der Waals surface area contributed by atoms with Gasteiger partial charge in [-0.25, -0.2) is 4.79 Å². The number of ether oxygens (including phenoxy) is 1. The summed E-state index contributed by atoms with van der Waals surface area (Å²) >= 11 is 0. The largest absolute Gasteiger partial charge is 0.466 e. The zero-order valence-corrected chi connectivity index (χ0v) is 11.8. The molecule has 104 valence electrons. The molecule has 20 heavy (non-hydrogen) atoms. The fourth-order valence-electron chi connectivity index (χ4n) is 3.10. The van der Waals surface area contributed by atoms with Crippen LogP contribution in [-0.4, -0.2) is 17.6 Å². The number of aryl methyl sites for hydroxylation is 1. The fourth-order valence-corrected chi connectivity index (χ4v) is 3.10. The molecule has 3 heteroatoms. The molecule has 0 radical (unpaired) electrons. The van der Waals surface area contributed by atoms with Crippen molar-refractivity contribution in [2.75, 3.05) is 7.11 Å². The number of allylic oxidation sites excluding steroid dienone is 1. The van der Waals surface area contributed by atoms with E-state index in [4.69, 9.17) is 0 Å². The summed E-state index contributed by atoms with van der Waals surface area (Å²) < 4.78 is 7.08. The molecular formula is C17H19NO2. The number of nitrogens with zero attached hydrogens (tertiary/aromatic N) is 1. The zero-order valence-electron chi connectivity index (χ0n) is 11.8. The Labute approximate surface area is 118 Å². The first-order chi connectivity index (χ1) is 9.81. The van der Waals surface area contributed by atoms with Crippen molar-refractivity contribution < 1.29 is 9.53 Å². The van der Waals surface area contributed by atoms with Crippen LogP contribution in [0.1, 0.15) is 24.1 Å². The number of aromatic nitrogens is 1. The molecule has 3 rings (SSSR count). The molecule has 1 aromatic carbocycles. The van der Waals surface area contributed by atoms with Crippen LogP contribution in [-0.2, 0) is 28.9 Å². The van der Waals surface area contributed by atoms with Crippen LogP contribution in [0, 0.1) is 0 Å². The highest BCUT2D eigenvalue weighted by molar-refractivity contribution is 5.86. The number of carbonyl (C=O) groups excluding carboxylic acids is 1. The van der Waals surface area contributed by atoms with Gasteiger partial charge in [0.15, 0.2) is 0 Å². The van der Waals surface area contributed by atoms with Gasteiger partial charge in [-0.2, -0.15) is 0 Å². The van der Waals surface area contributed by atoms with Gasteiger partial charge in [-0.05, 0) is 37.3 Å². The van der Waals surface area contributed by atoms with Crippen molar-refractivity contribution in [2.45, 2.75) is 32.2 Å². The maximum absolute atomic E-state index is 11.2. The minimum atomic E-state index is -0.289. The van der Waals surface area contributed by atoms with Crippen LogP contribution in [0.4, 0.5) is 0 Å². The summed E-state index contributed by atoms with van der Waals surface area (Å²) in [5.41, 5.74) is 4.12. The van der Waals surface area contributed by atoms with Crippen molar-refractivity contribution in [3.63, 3.8) is 0 Å². The molecule has 1 aromatic heterocycles. The summed E-state index contributed by atoms with van der Waals surface area (Å²) in [6, 6.07) is 8.56. The van der Waals surface area contributed by atoms with Crippen LogP contribution in [0.25, 0.3) is 10.9 Å². The van der Waals surface area contributed by atoms with E-state index in [1.807, 2.05) is 6.08 Å². The molecule has 0 aliphatic carbocycles. The molecule has 0 atom stereocenters. The molecule has 0 amide bonds. The van der Waals surface area contributed by atoms with E-state index < -0.39 is 0 Å². The van der Waals surface area contributed by atoms with Crippen molar-refractivity contribution in [3.8, 4) is 0 Å². The maximum atomic E-state index is 11.2. The Morgan fingerprint density at radius 3 is 3.05 bits per heavy atom. The average Bonchev–Trinajstić information content (AvgIpc) is 2.82. The highest BCUT2D eigenvalue weighted by Crippen LogP contribution is 2.31. The van der Waals surface area contributed by atoms with Gasteiger partial charge >= 0.3 is 5.97 Å². The molecule has 2 heterocycles. The molecule has 3 nitrogen and oxygen atoms in total. The highest BCUT2D eigenvalue weighted by Gasteiger charge is 2.18. The Bertz CT molecular complexity index is 667. The summed E-state index contributed by atoms with van der Waals surface area (Å²) in [6.45, 7) is 1.11. The number of methoxy groups -OCH3 is 1. The molecule has 0 saturated carbocycles. The Balaban J connectivity index is 2.01. The lowest BCUT2D eigenvalue weighted by Gasteiger charge is -2.17. The third-order valence-corrected chi connectivity index (χ3v) is 4.02. The highest BCUT2D eigenvalue weighted by atomic mass is 16.5. The molecule has 1 aliphatic heterocycles. The van der Waals surface area contributed by atoms with E-state index in [0.29, 0.717) is 0 Å². The Morgan fingerprint density at radius 1 is 1.35 bits per heavy atom. The number of hydrogen-bond acceptors (Lipinski definition) is 2. The Morgan fingerprint density at radius 2 is 2.20 bits per heavy atom. The van der Waals surface area contributed by atoms with Crippen LogP contribution in [0.2, 0.25) is 0 Å². The van der Waals surface area contributed by atoms with Crippen molar-refractivity contribution in [3.05, 3.63) is 47.7 Å². The smallest absolute Gasteiger partial charge is 0.330 e. The number of hydrogen-bond donors (Lipinski definition) is 0. The topological polar surface area (TPSA) is 31.2 Å². The lowest BCUT2D eigenvalue weighted by atomic mass is 10.0. The number of esters is 1. The van der Waals surface area contributed by atoms with E-state index in [0.717, 1.165) is 19.4 Å². The van der Waals surface area contributed by atoms with Gasteiger partial charge in [0, 0.05) is 29.2 Å². The second-order valence-electron chi connectivity index (χ2n) is 5.18. The molecule has 0 N–H and O–H groups in total. The normalized spacial score (nSPS) is 14.7. The lowest BCUT2D eigenvalue weighted by molar-refractivity contribution is -0.134. The molecule has 0 bridgehead atoms. The van der Waals surface area contributed by atoms with Gasteiger partial charge in [0.1, 0.15) is 0 Å². The van der Waals surface area contributed by atoms with E-state index in [1.165, 1.54) is 48.2 Å². The monoisotopic (exact) mass is 269 g/mol. The first kappa shape index (κ1) is 13.0. The summed E-state index contributed by atoms with van der Waals surface area (Å²) in [6.07, 6.45) is 7.85. The second-order valence-corrected chi connectivity index (χ2v) is 5.18. The summed E-state index contributed by atoms with van der Waals surface area (Å²) in [5, 5.41) is 1.32. The van der Waals surface area contributed by atoms with Gasteiger partial charge in [-0.15, -0.1) is 0 Å². The molecule has 0 saturated heterocycles. The van der Waals surface area contributed by atoms with E-state index in [2.05, 4.69) is 33.6 Å². The zero-order chi connectivity index (χ0) is 13.9. The Kier molecular flexibility index (Phi) is 3.59. The molecule has 0 unspecified atom stereocenters. The van der Waals surface area contributed by atoms with Gasteiger partial charge in [0.05, 0.1) is 7.11 Å². The molecule has 0 spiro atoms. The van der Waals surface area contributed by atoms with Crippen LogP contribution in [0.3, 0.4) is 0 Å². The van der Waals surface area contributed by atoms with Crippen LogP contribution in [0.15, 0.2) is 36.4 Å². The van der Waals surface area contributed by atoms with Crippen molar-refractivity contribution in [1.29, 1.82) is 0 Å². The first-order valence-corrected chi connectivity index (χ1v) is 7.14. The quantitative estimate of drug-likeness (QED) is 0.632.